The van der Waals surface area contributed by atoms with Crippen molar-refractivity contribution in [3.05, 3.63) is 93.7 Å². The monoisotopic (exact) mass is 427 g/mol. The molecule has 4 aromatic rings. The first-order chi connectivity index (χ1) is 15.4. The fourth-order valence-electron chi connectivity index (χ4n) is 3.82. The van der Waals surface area contributed by atoms with E-state index < -0.39 is 0 Å². The standard InChI is InChI=1S/C25H25N5O2/c1-16-15-24(32)28-25(26-16)30-18(3)20(17(2)29-30)13-14-23(31)27-22-12-8-7-11-21(22)19-9-5-4-6-10-19/h4-12,15H,13-14H2,1-3H3,(H,27,31)(H,26,28,32). The van der Waals surface area contributed by atoms with E-state index in [1.54, 1.807) is 11.6 Å². The average molecular weight is 428 g/mol. The van der Waals surface area contributed by atoms with Crippen molar-refractivity contribution in [2.75, 3.05) is 5.32 Å². The lowest BCUT2D eigenvalue weighted by molar-refractivity contribution is -0.116. The summed E-state index contributed by atoms with van der Waals surface area (Å²) in [6, 6.07) is 19.2. The van der Waals surface area contributed by atoms with Gasteiger partial charge in [-0.1, -0.05) is 48.5 Å². The zero-order chi connectivity index (χ0) is 22.7. The van der Waals surface area contributed by atoms with Gasteiger partial charge in [0.15, 0.2) is 0 Å². The topological polar surface area (TPSA) is 92.7 Å². The van der Waals surface area contributed by atoms with Crippen molar-refractivity contribution in [2.24, 2.45) is 0 Å². The number of aromatic nitrogens is 4. The molecule has 0 aliphatic carbocycles. The van der Waals surface area contributed by atoms with E-state index in [2.05, 4.69) is 20.4 Å². The Labute approximate surface area is 186 Å². The molecule has 0 saturated heterocycles. The van der Waals surface area contributed by atoms with Crippen molar-refractivity contribution in [2.45, 2.75) is 33.6 Å². The van der Waals surface area contributed by atoms with Crippen LogP contribution in [-0.4, -0.2) is 25.7 Å². The lowest BCUT2D eigenvalue weighted by atomic mass is 10.0. The maximum Gasteiger partial charge on any atom is 0.252 e. The van der Waals surface area contributed by atoms with Crippen LogP contribution < -0.4 is 10.9 Å². The zero-order valence-electron chi connectivity index (χ0n) is 18.3. The molecule has 32 heavy (non-hydrogen) atoms. The van der Waals surface area contributed by atoms with Crippen LogP contribution in [0, 0.1) is 20.8 Å². The molecule has 7 heteroatoms. The van der Waals surface area contributed by atoms with Crippen LogP contribution in [0.25, 0.3) is 17.1 Å². The van der Waals surface area contributed by atoms with Crippen molar-refractivity contribution >= 4 is 11.6 Å². The highest BCUT2D eigenvalue weighted by Crippen LogP contribution is 2.28. The third kappa shape index (κ3) is 4.51. The number of amides is 1. The minimum absolute atomic E-state index is 0.0676. The molecule has 0 aliphatic rings. The van der Waals surface area contributed by atoms with E-state index >= 15 is 0 Å². The van der Waals surface area contributed by atoms with E-state index in [-0.39, 0.29) is 11.5 Å². The highest BCUT2D eigenvalue weighted by molar-refractivity contribution is 5.95. The quantitative estimate of drug-likeness (QED) is 0.484. The Morgan fingerprint density at radius 2 is 1.75 bits per heavy atom. The molecule has 0 spiro atoms. The number of para-hydroxylation sites is 1. The number of rotatable bonds is 6. The fourth-order valence-corrected chi connectivity index (χ4v) is 3.82. The average Bonchev–Trinajstić information content (AvgIpc) is 3.06. The van der Waals surface area contributed by atoms with Gasteiger partial charge in [-0.15, -0.1) is 0 Å². The van der Waals surface area contributed by atoms with Crippen LogP contribution in [0.2, 0.25) is 0 Å². The summed E-state index contributed by atoms with van der Waals surface area (Å²) in [6.45, 7) is 5.58. The molecule has 162 valence electrons. The number of carbonyl (C=O) groups is 1. The van der Waals surface area contributed by atoms with Gasteiger partial charge in [-0.25, -0.2) is 9.67 Å². The van der Waals surface area contributed by atoms with Gasteiger partial charge >= 0.3 is 0 Å². The van der Waals surface area contributed by atoms with Crippen molar-refractivity contribution in [1.82, 2.24) is 19.7 Å². The smallest absolute Gasteiger partial charge is 0.252 e. The van der Waals surface area contributed by atoms with Gasteiger partial charge in [-0.3, -0.25) is 14.6 Å². The number of aryl methyl sites for hydroxylation is 2. The lowest BCUT2D eigenvalue weighted by Crippen LogP contribution is -2.15. The predicted octanol–water partition coefficient (Wildman–Crippen LogP) is 4.12. The SMILES string of the molecule is Cc1cc(=O)[nH]c(-n2nc(C)c(CCC(=O)Nc3ccccc3-c3ccccc3)c2C)n1. The molecule has 2 heterocycles. The van der Waals surface area contributed by atoms with Crippen molar-refractivity contribution in [1.29, 1.82) is 0 Å². The molecule has 2 aromatic heterocycles. The zero-order valence-corrected chi connectivity index (χ0v) is 18.3. The van der Waals surface area contributed by atoms with Crippen LogP contribution in [0.5, 0.6) is 0 Å². The molecular weight excluding hydrogens is 402 g/mol. The number of hydrogen-bond donors (Lipinski definition) is 2. The van der Waals surface area contributed by atoms with E-state index in [1.807, 2.05) is 68.4 Å². The van der Waals surface area contributed by atoms with Gasteiger partial charge in [0.25, 0.3) is 5.56 Å². The van der Waals surface area contributed by atoms with Gasteiger partial charge < -0.3 is 5.32 Å². The van der Waals surface area contributed by atoms with Gasteiger partial charge in [-0.2, -0.15) is 5.10 Å². The Bertz CT molecular complexity index is 1320. The van der Waals surface area contributed by atoms with E-state index in [1.165, 1.54) is 6.07 Å². The summed E-state index contributed by atoms with van der Waals surface area (Å²) in [4.78, 5) is 31.7. The van der Waals surface area contributed by atoms with Crippen LogP contribution in [0.4, 0.5) is 5.69 Å². The Morgan fingerprint density at radius 1 is 1.03 bits per heavy atom. The summed E-state index contributed by atoms with van der Waals surface area (Å²) in [5.74, 6) is 0.310. The first-order valence-corrected chi connectivity index (χ1v) is 10.5. The first-order valence-electron chi connectivity index (χ1n) is 10.5. The summed E-state index contributed by atoms with van der Waals surface area (Å²) in [5.41, 5.74) is 5.85. The molecule has 0 saturated carbocycles. The molecule has 0 bridgehead atoms. The minimum Gasteiger partial charge on any atom is -0.326 e. The molecular formula is C25H25N5O2. The van der Waals surface area contributed by atoms with Crippen LogP contribution in [0.15, 0.2) is 65.5 Å². The van der Waals surface area contributed by atoms with Crippen LogP contribution in [-0.2, 0) is 11.2 Å². The molecule has 0 aliphatic heterocycles. The van der Waals surface area contributed by atoms with Crippen LogP contribution in [0.3, 0.4) is 0 Å². The number of carbonyl (C=O) groups excluding carboxylic acids is 1. The molecule has 0 unspecified atom stereocenters. The number of aromatic amines is 1. The summed E-state index contributed by atoms with van der Waals surface area (Å²) >= 11 is 0. The van der Waals surface area contributed by atoms with E-state index in [9.17, 15) is 9.59 Å². The Hall–Kier alpha value is -4.00. The number of anilines is 1. The van der Waals surface area contributed by atoms with Gasteiger partial charge in [0.2, 0.25) is 11.9 Å². The summed E-state index contributed by atoms with van der Waals surface area (Å²) in [5, 5.41) is 7.58. The van der Waals surface area contributed by atoms with Gasteiger partial charge in [-0.05, 0) is 44.4 Å². The van der Waals surface area contributed by atoms with Crippen molar-refractivity contribution in [3.8, 4) is 17.1 Å². The molecule has 4 rings (SSSR count). The number of hydrogen-bond acceptors (Lipinski definition) is 4. The van der Waals surface area contributed by atoms with Crippen LogP contribution >= 0.6 is 0 Å². The largest absolute Gasteiger partial charge is 0.326 e. The van der Waals surface area contributed by atoms with E-state index in [0.29, 0.717) is 24.5 Å². The molecule has 2 aromatic carbocycles. The molecule has 1 amide bonds. The molecule has 7 nitrogen and oxygen atoms in total. The number of H-pyrrole nitrogens is 1. The second-order valence-electron chi connectivity index (χ2n) is 7.73. The second-order valence-corrected chi connectivity index (χ2v) is 7.73. The maximum atomic E-state index is 12.8. The highest BCUT2D eigenvalue weighted by atomic mass is 16.1. The molecule has 0 fully saturated rings. The fraction of sp³-hybridized carbons (Fsp3) is 0.200. The Morgan fingerprint density at radius 3 is 2.50 bits per heavy atom. The summed E-state index contributed by atoms with van der Waals surface area (Å²) < 4.78 is 1.63. The number of nitrogens with one attached hydrogen (secondary N) is 2. The third-order valence-electron chi connectivity index (χ3n) is 5.39. The van der Waals surface area contributed by atoms with Gasteiger partial charge in [0, 0.05) is 35.1 Å². The molecule has 0 atom stereocenters. The van der Waals surface area contributed by atoms with E-state index in [4.69, 9.17) is 0 Å². The van der Waals surface area contributed by atoms with Gasteiger partial charge in [0.05, 0.1) is 5.69 Å². The number of benzene rings is 2. The first kappa shape index (κ1) is 21.2. The Kier molecular flexibility index (Phi) is 5.98. The summed E-state index contributed by atoms with van der Waals surface area (Å²) in [6.07, 6.45) is 0.849. The molecule has 2 N–H and O–H groups in total. The third-order valence-corrected chi connectivity index (χ3v) is 5.39. The van der Waals surface area contributed by atoms with Crippen molar-refractivity contribution in [3.63, 3.8) is 0 Å². The number of nitrogens with zero attached hydrogens (tertiary/aromatic N) is 3. The van der Waals surface area contributed by atoms with Crippen molar-refractivity contribution < 1.29 is 4.79 Å². The molecule has 0 radical (unpaired) electrons. The van der Waals surface area contributed by atoms with Gasteiger partial charge in [0.1, 0.15) is 0 Å². The normalized spacial score (nSPS) is 10.8. The maximum absolute atomic E-state index is 12.8. The second kappa shape index (κ2) is 9.01. The van der Waals surface area contributed by atoms with Crippen LogP contribution in [0.1, 0.15) is 29.1 Å². The van der Waals surface area contributed by atoms with E-state index in [0.717, 1.165) is 33.8 Å². The summed E-state index contributed by atoms with van der Waals surface area (Å²) in [7, 11) is 0. The predicted molar refractivity (Wildman–Crippen MR) is 125 cm³/mol. The minimum atomic E-state index is -0.224. The lowest BCUT2D eigenvalue weighted by Gasteiger charge is -2.11. The highest BCUT2D eigenvalue weighted by Gasteiger charge is 2.16. The Balaban J connectivity index is 1.50.